The van der Waals surface area contributed by atoms with E-state index in [2.05, 4.69) is 25.7 Å². The average molecular weight is 313 g/mol. The second kappa shape index (κ2) is 5.17. The quantitative estimate of drug-likeness (QED) is 0.785. The highest BCUT2D eigenvalue weighted by molar-refractivity contribution is 9.10. The fourth-order valence-corrected chi connectivity index (χ4v) is 3.79. The maximum absolute atomic E-state index is 14.0. The largest absolute Gasteiger partial charge is 0.367 e. The minimum atomic E-state index is -0.115. The van der Waals surface area contributed by atoms with Gasteiger partial charge in [0.15, 0.2) is 0 Å². The minimum Gasteiger partial charge on any atom is -0.367 e. The van der Waals surface area contributed by atoms with E-state index in [4.69, 9.17) is 0 Å². The summed E-state index contributed by atoms with van der Waals surface area (Å²) in [6, 6.07) is 5.84. The number of anilines is 1. The van der Waals surface area contributed by atoms with Gasteiger partial charge in [-0.2, -0.15) is 0 Å². The van der Waals surface area contributed by atoms with Gasteiger partial charge < -0.3 is 4.90 Å². The molecule has 0 spiro atoms. The second-order valence-corrected chi connectivity index (χ2v) is 6.06. The van der Waals surface area contributed by atoms with E-state index < -0.39 is 0 Å². The van der Waals surface area contributed by atoms with Crippen LogP contribution in [0.4, 0.5) is 10.1 Å². The number of hydrogen-bond acceptors (Lipinski definition) is 2. The topological polar surface area (TPSA) is 6.48 Å². The lowest BCUT2D eigenvalue weighted by Gasteiger charge is -2.28. The Morgan fingerprint density at radius 1 is 1.17 bits per heavy atom. The summed E-state index contributed by atoms with van der Waals surface area (Å²) in [4.78, 5) is 4.78. The summed E-state index contributed by atoms with van der Waals surface area (Å²) in [7, 11) is 0. The molecule has 2 fully saturated rings. The third-order valence-electron chi connectivity index (χ3n) is 4.06. The highest BCUT2D eigenvalue weighted by atomic mass is 79.9. The number of halogens is 2. The maximum atomic E-state index is 14.0. The molecule has 0 amide bonds. The summed E-state index contributed by atoms with van der Waals surface area (Å²) in [6.45, 7) is 4.29. The lowest BCUT2D eigenvalue weighted by molar-refractivity contribution is 0.273. The highest BCUT2D eigenvalue weighted by Gasteiger charge is 2.30. The number of para-hydroxylation sites is 1. The zero-order valence-corrected chi connectivity index (χ0v) is 12.0. The molecule has 0 saturated carbocycles. The number of benzene rings is 1. The third-order valence-corrected chi connectivity index (χ3v) is 4.70. The molecule has 0 radical (unpaired) electrons. The van der Waals surface area contributed by atoms with Crippen LogP contribution >= 0.6 is 15.9 Å². The Morgan fingerprint density at radius 3 is 2.83 bits per heavy atom. The van der Waals surface area contributed by atoms with E-state index in [0.29, 0.717) is 6.04 Å². The molecule has 1 atom stereocenters. The maximum Gasteiger partial charge on any atom is 0.147 e. The molecule has 18 heavy (non-hydrogen) atoms. The summed E-state index contributed by atoms with van der Waals surface area (Å²) in [5.74, 6) is -0.115. The molecule has 1 unspecified atom stereocenters. The third kappa shape index (κ3) is 2.28. The van der Waals surface area contributed by atoms with Gasteiger partial charge in [-0.25, -0.2) is 4.39 Å². The van der Waals surface area contributed by atoms with Crippen LogP contribution in [0, 0.1) is 5.82 Å². The Hall–Kier alpha value is -0.610. The van der Waals surface area contributed by atoms with Crippen molar-refractivity contribution in [2.45, 2.75) is 25.3 Å². The molecule has 3 rings (SSSR count). The zero-order valence-electron chi connectivity index (χ0n) is 10.4. The summed E-state index contributed by atoms with van der Waals surface area (Å²) >= 11 is 3.49. The van der Waals surface area contributed by atoms with Crippen molar-refractivity contribution in [3.05, 3.63) is 28.5 Å². The first-order valence-electron chi connectivity index (χ1n) is 6.69. The van der Waals surface area contributed by atoms with Crippen LogP contribution < -0.4 is 4.90 Å². The standard InChI is InChI=1S/C14H18BrFN2/c15-12-5-1-6-13(16)14(12)18-9-3-8-17-7-2-4-11(17)10-18/h1,5-6,11H,2-4,7-10H2. The van der Waals surface area contributed by atoms with Crippen molar-refractivity contribution in [2.24, 2.45) is 0 Å². The minimum absolute atomic E-state index is 0.115. The summed E-state index contributed by atoms with van der Waals surface area (Å²) < 4.78 is 14.9. The van der Waals surface area contributed by atoms with Crippen LogP contribution in [0.2, 0.25) is 0 Å². The van der Waals surface area contributed by atoms with Crippen LogP contribution in [0.25, 0.3) is 0 Å². The van der Waals surface area contributed by atoms with Gasteiger partial charge >= 0.3 is 0 Å². The first-order chi connectivity index (χ1) is 8.75. The average Bonchev–Trinajstić information content (AvgIpc) is 2.68. The predicted molar refractivity (Wildman–Crippen MR) is 75.5 cm³/mol. The Bertz CT molecular complexity index is 418. The second-order valence-electron chi connectivity index (χ2n) is 5.20. The van der Waals surface area contributed by atoms with Crippen molar-refractivity contribution in [3.63, 3.8) is 0 Å². The fraction of sp³-hybridized carbons (Fsp3) is 0.571. The lowest BCUT2D eigenvalue weighted by atomic mass is 10.2. The van der Waals surface area contributed by atoms with Gasteiger partial charge in [-0.05, 0) is 53.9 Å². The van der Waals surface area contributed by atoms with E-state index >= 15 is 0 Å². The molecular formula is C14H18BrFN2. The van der Waals surface area contributed by atoms with Gasteiger partial charge in [-0.15, -0.1) is 0 Å². The molecule has 4 heteroatoms. The summed E-state index contributed by atoms with van der Waals surface area (Å²) in [5.41, 5.74) is 0.742. The molecule has 0 bridgehead atoms. The zero-order chi connectivity index (χ0) is 12.5. The van der Waals surface area contributed by atoms with Crippen LogP contribution in [0.3, 0.4) is 0 Å². The number of hydrogen-bond donors (Lipinski definition) is 0. The van der Waals surface area contributed by atoms with Gasteiger partial charge in [0.05, 0.1) is 5.69 Å². The van der Waals surface area contributed by atoms with E-state index in [1.165, 1.54) is 19.4 Å². The molecule has 2 aliphatic heterocycles. The van der Waals surface area contributed by atoms with E-state index in [-0.39, 0.29) is 5.82 Å². The molecule has 2 saturated heterocycles. The Labute approximate surface area is 116 Å². The highest BCUT2D eigenvalue weighted by Crippen LogP contribution is 2.32. The molecule has 0 aliphatic carbocycles. The van der Waals surface area contributed by atoms with E-state index in [9.17, 15) is 4.39 Å². The van der Waals surface area contributed by atoms with Crippen LogP contribution in [0.1, 0.15) is 19.3 Å². The molecule has 0 N–H and O–H groups in total. The Kier molecular flexibility index (Phi) is 3.57. The Balaban J connectivity index is 1.87. The molecule has 2 nitrogen and oxygen atoms in total. The molecule has 1 aromatic rings. The lowest BCUT2D eigenvalue weighted by Crippen LogP contribution is -2.37. The molecule has 1 aromatic carbocycles. The number of fused-ring (bicyclic) bond motifs is 1. The summed E-state index contributed by atoms with van der Waals surface area (Å²) in [6.07, 6.45) is 3.66. The van der Waals surface area contributed by atoms with Crippen molar-refractivity contribution >= 4 is 21.6 Å². The van der Waals surface area contributed by atoms with Gasteiger partial charge in [-0.3, -0.25) is 4.90 Å². The van der Waals surface area contributed by atoms with Crippen LogP contribution in [-0.2, 0) is 0 Å². The monoisotopic (exact) mass is 312 g/mol. The van der Waals surface area contributed by atoms with Crippen molar-refractivity contribution in [1.82, 2.24) is 4.90 Å². The van der Waals surface area contributed by atoms with Crippen molar-refractivity contribution in [1.29, 1.82) is 0 Å². The smallest absolute Gasteiger partial charge is 0.147 e. The first kappa shape index (κ1) is 12.4. The van der Waals surface area contributed by atoms with E-state index in [0.717, 1.165) is 36.2 Å². The predicted octanol–water partition coefficient (Wildman–Crippen LogP) is 3.26. The number of nitrogens with zero attached hydrogens (tertiary/aromatic N) is 2. The molecule has 2 aliphatic rings. The van der Waals surface area contributed by atoms with Gasteiger partial charge in [0.1, 0.15) is 5.82 Å². The van der Waals surface area contributed by atoms with Crippen LogP contribution in [-0.4, -0.2) is 37.1 Å². The van der Waals surface area contributed by atoms with Gasteiger partial charge in [-0.1, -0.05) is 6.07 Å². The van der Waals surface area contributed by atoms with Gasteiger partial charge in [0, 0.05) is 30.1 Å². The molecular weight excluding hydrogens is 295 g/mol. The van der Waals surface area contributed by atoms with Crippen LogP contribution in [0.15, 0.2) is 22.7 Å². The molecule has 98 valence electrons. The number of rotatable bonds is 1. The molecule has 2 heterocycles. The fourth-order valence-electron chi connectivity index (χ4n) is 3.20. The van der Waals surface area contributed by atoms with E-state index in [1.807, 2.05) is 6.07 Å². The Morgan fingerprint density at radius 2 is 2.00 bits per heavy atom. The summed E-state index contributed by atoms with van der Waals surface area (Å²) in [5, 5.41) is 0. The van der Waals surface area contributed by atoms with Gasteiger partial charge in [0.2, 0.25) is 0 Å². The van der Waals surface area contributed by atoms with Crippen molar-refractivity contribution in [3.8, 4) is 0 Å². The van der Waals surface area contributed by atoms with Crippen molar-refractivity contribution in [2.75, 3.05) is 31.1 Å². The van der Waals surface area contributed by atoms with Gasteiger partial charge in [0.25, 0.3) is 0 Å². The van der Waals surface area contributed by atoms with E-state index in [1.54, 1.807) is 12.1 Å². The molecule has 0 aromatic heterocycles. The van der Waals surface area contributed by atoms with Crippen molar-refractivity contribution < 1.29 is 4.39 Å². The first-order valence-corrected chi connectivity index (χ1v) is 7.48. The normalized spacial score (nSPS) is 25.0. The SMILES string of the molecule is Fc1cccc(Br)c1N1CCCN2CCCC2C1. The van der Waals surface area contributed by atoms with Crippen LogP contribution in [0.5, 0.6) is 0 Å².